The molecule has 10 N–H and O–H groups in total. The summed E-state index contributed by atoms with van der Waals surface area (Å²) in [5.74, 6) is -2.51. The molecule has 2 aromatic rings. The highest BCUT2D eigenvalue weighted by molar-refractivity contribution is 5.97. The molecule has 14 nitrogen and oxygen atoms in total. The lowest BCUT2D eigenvalue weighted by Gasteiger charge is -2.19. The van der Waals surface area contributed by atoms with Gasteiger partial charge in [-0.25, -0.2) is 9.59 Å². The van der Waals surface area contributed by atoms with Crippen molar-refractivity contribution in [3.05, 3.63) is 71.8 Å². The van der Waals surface area contributed by atoms with E-state index >= 15 is 0 Å². The van der Waals surface area contributed by atoms with Crippen molar-refractivity contribution >= 4 is 35.7 Å². The molecular weight excluding hydrogens is 544 g/mol. The van der Waals surface area contributed by atoms with Crippen LogP contribution in [-0.2, 0) is 19.1 Å². The first kappa shape index (κ1) is 33.1. The number of amides is 2. The molecule has 0 saturated heterocycles. The van der Waals surface area contributed by atoms with Crippen molar-refractivity contribution in [2.75, 3.05) is 26.3 Å². The molecule has 0 unspecified atom stereocenters. The van der Waals surface area contributed by atoms with Gasteiger partial charge in [-0.05, 0) is 49.9 Å². The highest BCUT2D eigenvalue weighted by Crippen LogP contribution is 2.07. The Labute approximate surface area is 243 Å². The average molecular weight is 583 g/mol. The SMILES string of the molecule is NC(N)=NCCC[C@H](NC(=O)c1ccccc1)C(=O)OCCOC(=O)[C@H](CCCN=C(N)N)NC(=O)c1ccccc1. The normalized spacial score (nSPS) is 11.7. The Hall–Kier alpha value is -5.14. The minimum atomic E-state index is -0.990. The lowest BCUT2D eigenvalue weighted by Crippen LogP contribution is -2.43. The van der Waals surface area contributed by atoms with Gasteiger partial charge in [0.05, 0.1) is 0 Å². The smallest absolute Gasteiger partial charge is 0.328 e. The standard InChI is InChI=1S/C28H38N8O6/c29-27(30)33-15-7-13-21(35-23(37)19-9-3-1-4-10-19)25(39)41-17-18-42-26(40)22(14-8-16-34-28(31)32)36-24(38)20-11-5-2-6-12-20/h1-6,9-12,21-22H,7-8,13-18H2,(H,35,37)(H,36,38)(H4,29,30,33)(H4,31,32,34)/t21-,22-/m0/s1. The Kier molecular flexibility index (Phi) is 14.4. The number of ether oxygens (including phenoxy) is 2. The second kappa shape index (κ2) is 18.3. The zero-order valence-corrected chi connectivity index (χ0v) is 23.2. The molecule has 2 atom stereocenters. The molecule has 0 aliphatic rings. The summed E-state index contributed by atoms with van der Waals surface area (Å²) in [5.41, 5.74) is 22.1. The van der Waals surface area contributed by atoms with Crippen molar-refractivity contribution in [1.29, 1.82) is 0 Å². The minimum Gasteiger partial charge on any atom is -0.461 e. The molecule has 0 aliphatic heterocycles. The maximum atomic E-state index is 12.8. The van der Waals surface area contributed by atoms with Gasteiger partial charge in [0.25, 0.3) is 11.8 Å². The first-order valence-corrected chi connectivity index (χ1v) is 13.3. The van der Waals surface area contributed by atoms with Crippen molar-refractivity contribution in [2.24, 2.45) is 32.9 Å². The van der Waals surface area contributed by atoms with E-state index in [1.807, 2.05) is 0 Å². The number of benzene rings is 2. The lowest BCUT2D eigenvalue weighted by atomic mass is 10.1. The number of carbonyl (C=O) groups excluding carboxylic acids is 4. The maximum absolute atomic E-state index is 12.8. The molecule has 0 heterocycles. The molecule has 0 aliphatic carbocycles. The average Bonchev–Trinajstić information content (AvgIpc) is 2.98. The first-order chi connectivity index (χ1) is 20.2. The van der Waals surface area contributed by atoms with Crippen molar-refractivity contribution in [3.8, 4) is 0 Å². The van der Waals surface area contributed by atoms with E-state index < -0.39 is 35.8 Å². The second-order valence-corrected chi connectivity index (χ2v) is 9.02. The number of esters is 2. The number of nitrogens with two attached hydrogens (primary N) is 4. The summed E-state index contributed by atoms with van der Waals surface area (Å²) in [5, 5.41) is 5.31. The number of hydrogen-bond donors (Lipinski definition) is 6. The third-order valence-corrected chi connectivity index (χ3v) is 5.71. The van der Waals surface area contributed by atoms with E-state index in [1.165, 1.54) is 0 Å². The Morgan fingerprint density at radius 1 is 0.619 bits per heavy atom. The number of carbonyl (C=O) groups is 4. The predicted molar refractivity (Wildman–Crippen MR) is 157 cm³/mol. The molecule has 2 aromatic carbocycles. The summed E-state index contributed by atoms with van der Waals surface area (Å²) < 4.78 is 10.6. The van der Waals surface area contributed by atoms with Gasteiger partial charge < -0.3 is 43.0 Å². The Bertz CT molecular complexity index is 1120. The van der Waals surface area contributed by atoms with Crippen LogP contribution in [0.4, 0.5) is 0 Å². The van der Waals surface area contributed by atoms with E-state index in [-0.39, 0.29) is 51.1 Å². The van der Waals surface area contributed by atoms with Crippen molar-refractivity contribution in [2.45, 2.75) is 37.8 Å². The van der Waals surface area contributed by atoms with E-state index in [9.17, 15) is 19.2 Å². The van der Waals surface area contributed by atoms with Crippen LogP contribution >= 0.6 is 0 Å². The van der Waals surface area contributed by atoms with Gasteiger partial charge in [-0.1, -0.05) is 36.4 Å². The van der Waals surface area contributed by atoms with Gasteiger partial charge in [0, 0.05) is 24.2 Å². The fourth-order valence-corrected chi connectivity index (χ4v) is 3.65. The topological polar surface area (TPSA) is 240 Å². The van der Waals surface area contributed by atoms with Crippen LogP contribution in [0.15, 0.2) is 70.6 Å². The van der Waals surface area contributed by atoms with Crippen molar-refractivity contribution in [1.82, 2.24) is 10.6 Å². The van der Waals surface area contributed by atoms with Gasteiger partial charge in [-0.15, -0.1) is 0 Å². The van der Waals surface area contributed by atoms with Crippen molar-refractivity contribution in [3.63, 3.8) is 0 Å². The largest absolute Gasteiger partial charge is 0.461 e. The molecule has 0 fully saturated rings. The van der Waals surface area contributed by atoms with Crippen LogP contribution in [0.25, 0.3) is 0 Å². The van der Waals surface area contributed by atoms with Crippen LogP contribution < -0.4 is 33.6 Å². The number of hydrogen-bond acceptors (Lipinski definition) is 8. The summed E-state index contributed by atoms with van der Waals surface area (Å²) in [4.78, 5) is 58.6. The zero-order valence-electron chi connectivity index (χ0n) is 23.2. The zero-order chi connectivity index (χ0) is 30.7. The van der Waals surface area contributed by atoms with E-state index in [4.69, 9.17) is 32.4 Å². The fraction of sp³-hybridized carbons (Fsp3) is 0.357. The van der Waals surface area contributed by atoms with E-state index in [0.29, 0.717) is 24.0 Å². The van der Waals surface area contributed by atoms with Gasteiger partial charge in [0.2, 0.25) is 0 Å². The van der Waals surface area contributed by atoms with Crippen LogP contribution in [0.3, 0.4) is 0 Å². The number of nitrogens with one attached hydrogen (secondary N) is 2. The fourth-order valence-electron chi connectivity index (χ4n) is 3.65. The summed E-state index contributed by atoms with van der Waals surface area (Å²) in [7, 11) is 0. The highest BCUT2D eigenvalue weighted by atomic mass is 16.6. The molecule has 42 heavy (non-hydrogen) atoms. The third kappa shape index (κ3) is 12.8. The van der Waals surface area contributed by atoms with E-state index in [2.05, 4.69) is 20.6 Å². The van der Waals surface area contributed by atoms with Gasteiger partial charge in [0.1, 0.15) is 25.3 Å². The van der Waals surface area contributed by atoms with Crippen LogP contribution in [0.5, 0.6) is 0 Å². The number of nitrogens with zero attached hydrogens (tertiary/aromatic N) is 2. The monoisotopic (exact) mass is 582 g/mol. The molecular formula is C28H38N8O6. The third-order valence-electron chi connectivity index (χ3n) is 5.71. The number of rotatable bonds is 17. The molecule has 0 spiro atoms. The Balaban J connectivity index is 1.93. The van der Waals surface area contributed by atoms with Crippen LogP contribution in [-0.4, -0.2) is 74.1 Å². The predicted octanol–water partition coefficient (Wildman–Crippen LogP) is -0.223. The van der Waals surface area contributed by atoms with Crippen LogP contribution in [0.1, 0.15) is 46.4 Å². The lowest BCUT2D eigenvalue weighted by molar-refractivity contribution is -0.154. The summed E-state index contributed by atoms with van der Waals surface area (Å²) >= 11 is 0. The van der Waals surface area contributed by atoms with E-state index in [1.54, 1.807) is 60.7 Å². The molecule has 0 aromatic heterocycles. The molecule has 0 saturated carbocycles. The second-order valence-electron chi connectivity index (χ2n) is 9.02. The van der Waals surface area contributed by atoms with Gasteiger partial charge in [0.15, 0.2) is 11.9 Å². The molecule has 14 heteroatoms. The summed E-state index contributed by atoms with van der Waals surface area (Å²) in [6.45, 7) is -0.0402. The van der Waals surface area contributed by atoms with Gasteiger partial charge in [-0.3, -0.25) is 19.6 Å². The Morgan fingerprint density at radius 3 is 1.31 bits per heavy atom. The molecule has 0 radical (unpaired) electrons. The van der Waals surface area contributed by atoms with Gasteiger partial charge in [-0.2, -0.15) is 0 Å². The number of aliphatic imine (C=N–C) groups is 2. The summed E-state index contributed by atoms with van der Waals surface area (Å²) in [6.07, 6.45) is 1.20. The Morgan fingerprint density at radius 2 is 0.976 bits per heavy atom. The summed E-state index contributed by atoms with van der Waals surface area (Å²) in [6, 6.07) is 14.8. The van der Waals surface area contributed by atoms with Gasteiger partial charge >= 0.3 is 11.9 Å². The van der Waals surface area contributed by atoms with Crippen LogP contribution in [0.2, 0.25) is 0 Å². The maximum Gasteiger partial charge on any atom is 0.328 e. The first-order valence-electron chi connectivity index (χ1n) is 13.3. The van der Waals surface area contributed by atoms with Crippen molar-refractivity contribution < 1.29 is 28.7 Å². The quantitative estimate of drug-likeness (QED) is 0.0620. The minimum absolute atomic E-state index is 0.0845. The number of guanidine groups is 2. The molecule has 2 rings (SSSR count). The van der Waals surface area contributed by atoms with E-state index in [0.717, 1.165) is 0 Å². The molecule has 0 bridgehead atoms. The highest BCUT2D eigenvalue weighted by Gasteiger charge is 2.25. The molecule has 2 amide bonds. The molecule has 226 valence electrons. The van der Waals surface area contributed by atoms with Crippen LogP contribution in [0, 0.1) is 0 Å².